The second kappa shape index (κ2) is 4.46. The van der Waals surface area contributed by atoms with Crippen molar-refractivity contribution in [1.82, 2.24) is 4.90 Å². The van der Waals surface area contributed by atoms with Gasteiger partial charge in [-0.3, -0.25) is 4.90 Å². The molecule has 1 aliphatic rings. The quantitative estimate of drug-likeness (QED) is 0.576. The zero-order valence-corrected chi connectivity index (χ0v) is 7.58. The molecule has 3 nitrogen and oxygen atoms in total. The van der Waals surface area contributed by atoms with E-state index < -0.39 is 0 Å². The molecule has 1 saturated heterocycles. The van der Waals surface area contributed by atoms with Gasteiger partial charge in [-0.2, -0.15) is 0 Å². The van der Waals surface area contributed by atoms with Crippen LogP contribution in [0, 0.1) is 11.8 Å². The van der Waals surface area contributed by atoms with Crippen LogP contribution in [-0.2, 0) is 4.74 Å². The Kier molecular flexibility index (Phi) is 3.54. The van der Waals surface area contributed by atoms with Crippen LogP contribution in [-0.4, -0.2) is 49.0 Å². The molecule has 0 aromatic carbocycles. The van der Waals surface area contributed by atoms with Crippen LogP contribution >= 0.6 is 0 Å². The van der Waals surface area contributed by atoms with Crippen LogP contribution in [0.2, 0.25) is 0 Å². The molecule has 0 aliphatic carbocycles. The molecule has 1 fully saturated rings. The highest BCUT2D eigenvalue weighted by atomic mass is 16.5. The summed E-state index contributed by atoms with van der Waals surface area (Å²) in [6.07, 6.45) is -0.353. The first-order valence-electron chi connectivity index (χ1n) is 4.11. The van der Waals surface area contributed by atoms with Gasteiger partial charge in [0, 0.05) is 0 Å². The molecule has 1 aliphatic heterocycles. The van der Waals surface area contributed by atoms with Crippen molar-refractivity contribution in [3.8, 4) is 11.8 Å². The Morgan fingerprint density at radius 2 is 2.33 bits per heavy atom. The van der Waals surface area contributed by atoms with Crippen molar-refractivity contribution < 1.29 is 9.84 Å². The fraction of sp³-hybridized carbons (Fsp3) is 0.778. The standard InChI is InChI=1S/C9H15NO2/c1-3-4-5-10(2)8-6-12-7-9(8)11/h8-9,11H,5-7H2,1-2H3. The highest BCUT2D eigenvalue weighted by molar-refractivity contribution is 4.99. The van der Waals surface area contributed by atoms with Gasteiger partial charge in [-0.15, -0.1) is 5.92 Å². The van der Waals surface area contributed by atoms with Crippen molar-refractivity contribution in [2.45, 2.75) is 19.1 Å². The monoisotopic (exact) mass is 169 g/mol. The highest BCUT2D eigenvalue weighted by Gasteiger charge is 2.28. The third-order valence-corrected chi connectivity index (χ3v) is 2.09. The van der Waals surface area contributed by atoms with Gasteiger partial charge in [0.05, 0.1) is 31.9 Å². The van der Waals surface area contributed by atoms with Gasteiger partial charge in [-0.05, 0) is 14.0 Å². The van der Waals surface area contributed by atoms with Gasteiger partial charge in [0.2, 0.25) is 0 Å². The summed E-state index contributed by atoms with van der Waals surface area (Å²) in [6.45, 7) is 3.58. The van der Waals surface area contributed by atoms with Gasteiger partial charge in [0.1, 0.15) is 0 Å². The van der Waals surface area contributed by atoms with Crippen molar-refractivity contribution in [3.05, 3.63) is 0 Å². The average Bonchev–Trinajstić information content (AvgIpc) is 2.47. The maximum absolute atomic E-state index is 9.44. The van der Waals surface area contributed by atoms with Crippen molar-refractivity contribution in [1.29, 1.82) is 0 Å². The minimum Gasteiger partial charge on any atom is -0.389 e. The average molecular weight is 169 g/mol. The number of ether oxygens (including phenoxy) is 1. The molecule has 0 radical (unpaired) electrons. The van der Waals surface area contributed by atoms with E-state index >= 15 is 0 Å². The number of nitrogens with zero attached hydrogens (tertiary/aromatic N) is 1. The van der Waals surface area contributed by atoms with E-state index in [0.29, 0.717) is 19.8 Å². The minimum absolute atomic E-state index is 0.117. The smallest absolute Gasteiger partial charge is 0.0951 e. The predicted octanol–water partition coefficient (Wildman–Crippen LogP) is -0.299. The normalized spacial score (nSPS) is 28.7. The summed E-state index contributed by atoms with van der Waals surface area (Å²) < 4.78 is 5.13. The number of likely N-dealkylation sites (N-methyl/N-ethyl adjacent to an activating group) is 1. The molecule has 12 heavy (non-hydrogen) atoms. The van der Waals surface area contributed by atoms with Gasteiger partial charge in [-0.25, -0.2) is 0 Å². The summed E-state index contributed by atoms with van der Waals surface area (Å²) in [5.74, 6) is 5.78. The van der Waals surface area contributed by atoms with Gasteiger partial charge >= 0.3 is 0 Å². The second-order valence-corrected chi connectivity index (χ2v) is 3.01. The van der Waals surface area contributed by atoms with Gasteiger partial charge in [0.15, 0.2) is 0 Å². The largest absolute Gasteiger partial charge is 0.389 e. The van der Waals surface area contributed by atoms with Crippen LogP contribution in [0.4, 0.5) is 0 Å². The molecule has 1 rings (SSSR count). The maximum atomic E-state index is 9.44. The van der Waals surface area contributed by atoms with Crippen LogP contribution in [0.25, 0.3) is 0 Å². The Hall–Kier alpha value is -0.560. The van der Waals surface area contributed by atoms with E-state index in [1.807, 2.05) is 18.9 Å². The summed E-state index contributed by atoms with van der Waals surface area (Å²) in [4.78, 5) is 2.02. The van der Waals surface area contributed by atoms with Crippen molar-refractivity contribution in [2.75, 3.05) is 26.8 Å². The maximum Gasteiger partial charge on any atom is 0.0951 e. The van der Waals surface area contributed by atoms with Crippen LogP contribution < -0.4 is 0 Å². The highest BCUT2D eigenvalue weighted by Crippen LogP contribution is 2.10. The number of hydrogen-bond acceptors (Lipinski definition) is 3. The van der Waals surface area contributed by atoms with Gasteiger partial charge in [0.25, 0.3) is 0 Å². The number of hydrogen-bond donors (Lipinski definition) is 1. The fourth-order valence-electron chi connectivity index (χ4n) is 1.27. The van der Waals surface area contributed by atoms with E-state index in [-0.39, 0.29) is 12.1 Å². The fourth-order valence-corrected chi connectivity index (χ4v) is 1.27. The first kappa shape index (κ1) is 9.53. The second-order valence-electron chi connectivity index (χ2n) is 3.01. The van der Waals surface area contributed by atoms with Crippen LogP contribution in [0.5, 0.6) is 0 Å². The van der Waals surface area contributed by atoms with Gasteiger partial charge < -0.3 is 9.84 Å². The van der Waals surface area contributed by atoms with Crippen LogP contribution in [0.15, 0.2) is 0 Å². The lowest BCUT2D eigenvalue weighted by Crippen LogP contribution is -2.40. The van der Waals surface area contributed by atoms with Crippen LogP contribution in [0.3, 0.4) is 0 Å². The summed E-state index contributed by atoms with van der Waals surface area (Å²) in [6, 6.07) is 0.117. The van der Waals surface area contributed by atoms with E-state index in [1.165, 1.54) is 0 Å². The minimum atomic E-state index is -0.353. The van der Waals surface area contributed by atoms with E-state index in [2.05, 4.69) is 11.8 Å². The van der Waals surface area contributed by atoms with Gasteiger partial charge in [-0.1, -0.05) is 5.92 Å². The summed E-state index contributed by atoms with van der Waals surface area (Å²) in [7, 11) is 1.95. The zero-order valence-electron chi connectivity index (χ0n) is 7.58. The van der Waals surface area contributed by atoms with E-state index in [9.17, 15) is 5.11 Å². The summed E-state index contributed by atoms with van der Waals surface area (Å²) in [5, 5.41) is 9.44. The number of rotatable bonds is 2. The van der Waals surface area contributed by atoms with E-state index in [0.717, 1.165) is 0 Å². The third-order valence-electron chi connectivity index (χ3n) is 2.09. The molecule has 1 N–H and O–H groups in total. The molecule has 0 amide bonds. The molecule has 68 valence electrons. The molecule has 2 unspecified atom stereocenters. The Morgan fingerprint density at radius 3 is 2.83 bits per heavy atom. The SMILES string of the molecule is CC#CCN(C)C1COCC1O. The lowest BCUT2D eigenvalue weighted by Gasteiger charge is -2.22. The lowest BCUT2D eigenvalue weighted by molar-refractivity contribution is 0.101. The number of aliphatic hydroxyl groups is 1. The molecule has 3 heteroatoms. The van der Waals surface area contributed by atoms with Crippen LogP contribution in [0.1, 0.15) is 6.92 Å². The molecule has 0 bridgehead atoms. The Balaban J connectivity index is 2.38. The molecule has 1 heterocycles. The molecular weight excluding hydrogens is 154 g/mol. The summed E-state index contributed by atoms with van der Waals surface area (Å²) in [5.41, 5.74) is 0. The molecule has 0 aromatic rings. The Morgan fingerprint density at radius 1 is 1.58 bits per heavy atom. The summed E-state index contributed by atoms with van der Waals surface area (Å²) >= 11 is 0. The van der Waals surface area contributed by atoms with Crippen molar-refractivity contribution in [2.24, 2.45) is 0 Å². The lowest BCUT2D eigenvalue weighted by atomic mass is 10.2. The van der Waals surface area contributed by atoms with Crippen molar-refractivity contribution in [3.63, 3.8) is 0 Å². The predicted molar refractivity (Wildman–Crippen MR) is 46.7 cm³/mol. The van der Waals surface area contributed by atoms with Crippen molar-refractivity contribution >= 4 is 0 Å². The topological polar surface area (TPSA) is 32.7 Å². The molecule has 0 spiro atoms. The Bertz CT molecular complexity index is 194. The zero-order chi connectivity index (χ0) is 8.97. The number of aliphatic hydroxyl groups excluding tert-OH is 1. The molecular formula is C9H15NO2. The van der Waals surface area contributed by atoms with E-state index in [1.54, 1.807) is 0 Å². The van der Waals surface area contributed by atoms with E-state index in [4.69, 9.17) is 4.74 Å². The first-order chi connectivity index (χ1) is 5.75. The molecule has 0 aromatic heterocycles. The first-order valence-corrected chi connectivity index (χ1v) is 4.11. The molecule has 0 saturated carbocycles. The third kappa shape index (κ3) is 2.21. The molecule has 2 atom stereocenters. The Labute approximate surface area is 73.3 Å².